The number of pyridine rings is 1. The molecule has 0 atom stereocenters. The molecule has 0 N–H and O–H groups in total. The molecule has 0 aliphatic carbocycles. The van der Waals surface area contributed by atoms with Crippen molar-refractivity contribution in [2.45, 2.75) is 52.6 Å². The fraction of sp³-hybridized carbons (Fsp3) is 0.542. The molecule has 4 rings (SSSR count). The minimum absolute atomic E-state index is 0.168. The summed E-state index contributed by atoms with van der Waals surface area (Å²) < 4.78 is 13.3. The predicted octanol–water partition coefficient (Wildman–Crippen LogP) is 4.80. The second kappa shape index (κ2) is 9.74. The van der Waals surface area contributed by atoms with Crippen molar-refractivity contribution in [1.82, 2.24) is 29.4 Å². The van der Waals surface area contributed by atoms with E-state index in [0.29, 0.717) is 35.3 Å². The number of halogens is 1. The molecule has 0 bridgehead atoms. The zero-order valence-corrected chi connectivity index (χ0v) is 21.1. The number of piperidine rings is 1. The number of hydrogen-bond donors (Lipinski definition) is 0. The van der Waals surface area contributed by atoms with Gasteiger partial charge in [0.15, 0.2) is 5.65 Å². The van der Waals surface area contributed by atoms with Crippen molar-refractivity contribution in [3.8, 4) is 17.1 Å². The largest absolute Gasteiger partial charge is 0.477 e. The minimum Gasteiger partial charge on any atom is -0.477 e. The molecule has 182 valence electrons. The lowest BCUT2D eigenvalue weighted by atomic mass is 9.94. The lowest BCUT2D eigenvalue weighted by Crippen LogP contribution is -2.41. The van der Waals surface area contributed by atoms with Crippen molar-refractivity contribution in [3.05, 3.63) is 29.4 Å². The number of amides is 1. The predicted molar refractivity (Wildman–Crippen MR) is 130 cm³/mol. The summed E-state index contributed by atoms with van der Waals surface area (Å²) in [4.78, 5) is 31.6. The number of hydrogen-bond acceptors (Lipinski definition) is 7. The molecule has 0 saturated carbocycles. The molecule has 9 nitrogen and oxygen atoms in total. The molecule has 1 aliphatic heterocycles. The van der Waals surface area contributed by atoms with Crippen LogP contribution < -0.4 is 4.74 Å². The summed E-state index contributed by atoms with van der Waals surface area (Å²) in [5, 5.41) is 0.168. The fourth-order valence-corrected chi connectivity index (χ4v) is 4.24. The quantitative estimate of drug-likeness (QED) is 0.478. The molecule has 4 heterocycles. The highest BCUT2D eigenvalue weighted by Gasteiger charge is 2.26. The van der Waals surface area contributed by atoms with Crippen molar-refractivity contribution >= 4 is 28.9 Å². The van der Waals surface area contributed by atoms with Gasteiger partial charge in [-0.05, 0) is 70.5 Å². The number of likely N-dealkylation sites (tertiary alicyclic amines) is 1. The average Bonchev–Trinajstić information content (AvgIpc) is 3.14. The van der Waals surface area contributed by atoms with E-state index in [9.17, 15) is 4.79 Å². The third-order valence-electron chi connectivity index (χ3n) is 5.87. The van der Waals surface area contributed by atoms with Gasteiger partial charge in [0.2, 0.25) is 11.2 Å². The Morgan fingerprint density at radius 3 is 2.62 bits per heavy atom. The van der Waals surface area contributed by atoms with Gasteiger partial charge in [-0.25, -0.2) is 19.7 Å². The maximum absolute atomic E-state index is 12.2. The average molecular weight is 487 g/mol. The summed E-state index contributed by atoms with van der Waals surface area (Å²) in [5.74, 6) is 1.12. The van der Waals surface area contributed by atoms with Crippen LogP contribution in [0.15, 0.2) is 18.6 Å². The van der Waals surface area contributed by atoms with Crippen LogP contribution in [0.3, 0.4) is 0 Å². The monoisotopic (exact) mass is 486 g/mol. The van der Waals surface area contributed by atoms with Gasteiger partial charge in [-0.2, -0.15) is 4.98 Å². The van der Waals surface area contributed by atoms with E-state index in [4.69, 9.17) is 21.1 Å². The van der Waals surface area contributed by atoms with E-state index < -0.39 is 5.60 Å². The molecule has 3 aromatic heterocycles. The Balaban J connectivity index is 1.32. The van der Waals surface area contributed by atoms with Gasteiger partial charge in [0.05, 0.1) is 12.9 Å². The SMILES string of the molecule is Cc1cc(-c2nc(Cl)nc3c2ncn3C)cnc1OCCC1CCN(C(=O)OC(C)(C)C)CC1. The summed E-state index contributed by atoms with van der Waals surface area (Å²) in [5.41, 5.74) is 3.26. The van der Waals surface area contributed by atoms with Crippen LogP contribution in [0.2, 0.25) is 5.28 Å². The Labute approximate surface area is 204 Å². The van der Waals surface area contributed by atoms with Crippen molar-refractivity contribution in [1.29, 1.82) is 0 Å². The van der Waals surface area contributed by atoms with Gasteiger partial charge in [0, 0.05) is 37.5 Å². The number of carbonyl (C=O) groups is 1. The lowest BCUT2D eigenvalue weighted by molar-refractivity contribution is 0.0177. The zero-order valence-electron chi connectivity index (χ0n) is 20.3. The van der Waals surface area contributed by atoms with Crippen LogP contribution >= 0.6 is 11.6 Å². The van der Waals surface area contributed by atoms with Crippen LogP contribution in [-0.2, 0) is 11.8 Å². The van der Waals surface area contributed by atoms with Gasteiger partial charge in [0.25, 0.3) is 0 Å². The van der Waals surface area contributed by atoms with Gasteiger partial charge >= 0.3 is 6.09 Å². The Kier molecular flexibility index (Phi) is 6.93. The van der Waals surface area contributed by atoms with Crippen molar-refractivity contribution in [3.63, 3.8) is 0 Å². The number of rotatable bonds is 5. The smallest absolute Gasteiger partial charge is 0.410 e. The Bertz CT molecular complexity index is 1180. The Hall–Kier alpha value is -2.94. The first-order valence-corrected chi connectivity index (χ1v) is 11.9. The molecule has 0 unspecified atom stereocenters. The van der Waals surface area contributed by atoms with Crippen molar-refractivity contribution in [2.75, 3.05) is 19.7 Å². The summed E-state index contributed by atoms with van der Waals surface area (Å²) >= 11 is 6.13. The van der Waals surface area contributed by atoms with Crippen LogP contribution in [0.5, 0.6) is 5.88 Å². The fourth-order valence-electron chi connectivity index (χ4n) is 4.08. The van der Waals surface area contributed by atoms with E-state index in [1.54, 1.807) is 17.4 Å². The minimum atomic E-state index is -0.467. The summed E-state index contributed by atoms with van der Waals surface area (Å²) in [6, 6.07) is 1.98. The molecule has 10 heteroatoms. The first-order chi connectivity index (χ1) is 16.1. The van der Waals surface area contributed by atoms with E-state index in [2.05, 4.69) is 19.9 Å². The molecule has 1 amide bonds. The second-order valence-corrected chi connectivity index (χ2v) is 10.1. The lowest BCUT2D eigenvalue weighted by Gasteiger charge is -2.33. The third kappa shape index (κ3) is 5.58. The van der Waals surface area contributed by atoms with Gasteiger partial charge in [0.1, 0.15) is 16.8 Å². The highest BCUT2D eigenvalue weighted by Crippen LogP contribution is 2.29. The van der Waals surface area contributed by atoms with E-state index >= 15 is 0 Å². The van der Waals surface area contributed by atoms with Crippen LogP contribution in [0, 0.1) is 12.8 Å². The van der Waals surface area contributed by atoms with Gasteiger partial charge in [-0.3, -0.25) is 0 Å². The molecular formula is C24H31ClN6O3. The second-order valence-electron chi connectivity index (χ2n) is 9.76. The van der Waals surface area contributed by atoms with Gasteiger partial charge in [-0.15, -0.1) is 0 Å². The first kappa shape index (κ1) is 24.2. The topological polar surface area (TPSA) is 95.3 Å². The number of carbonyl (C=O) groups excluding carboxylic acids is 1. The molecule has 3 aromatic rings. The molecule has 1 fully saturated rings. The molecule has 34 heavy (non-hydrogen) atoms. The summed E-state index contributed by atoms with van der Waals surface area (Å²) in [6.45, 7) is 9.64. The highest BCUT2D eigenvalue weighted by molar-refractivity contribution is 6.28. The zero-order chi connectivity index (χ0) is 24.5. The maximum Gasteiger partial charge on any atom is 0.410 e. The highest BCUT2D eigenvalue weighted by atomic mass is 35.5. The van der Waals surface area contributed by atoms with Gasteiger partial charge < -0.3 is 18.9 Å². The molecule has 1 saturated heterocycles. The number of imidazole rings is 1. The number of fused-ring (bicyclic) bond motifs is 1. The summed E-state index contributed by atoms with van der Waals surface area (Å²) in [6.07, 6.45) is 6.00. The summed E-state index contributed by atoms with van der Waals surface area (Å²) in [7, 11) is 1.87. The maximum atomic E-state index is 12.2. The van der Waals surface area contributed by atoms with E-state index in [1.165, 1.54) is 0 Å². The van der Waals surface area contributed by atoms with Crippen LogP contribution in [-0.4, -0.2) is 60.8 Å². The molecule has 0 spiro atoms. The van der Waals surface area contributed by atoms with E-state index in [1.807, 2.05) is 45.4 Å². The van der Waals surface area contributed by atoms with Crippen LogP contribution in [0.4, 0.5) is 4.79 Å². The number of aryl methyl sites for hydroxylation is 2. The van der Waals surface area contributed by atoms with Crippen LogP contribution in [0.25, 0.3) is 22.4 Å². The molecule has 1 aliphatic rings. The van der Waals surface area contributed by atoms with E-state index in [0.717, 1.165) is 43.5 Å². The normalized spacial score (nSPS) is 15.1. The number of aromatic nitrogens is 5. The van der Waals surface area contributed by atoms with Crippen molar-refractivity contribution in [2.24, 2.45) is 13.0 Å². The molecule has 0 aromatic carbocycles. The number of nitrogens with zero attached hydrogens (tertiary/aromatic N) is 6. The van der Waals surface area contributed by atoms with E-state index in [-0.39, 0.29) is 11.4 Å². The number of ether oxygens (including phenoxy) is 2. The van der Waals surface area contributed by atoms with Gasteiger partial charge in [-0.1, -0.05) is 0 Å². The van der Waals surface area contributed by atoms with Crippen LogP contribution in [0.1, 0.15) is 45.6 Å². The van der Waals surface area contributed by atoms with Crippen molar-refractivity contribution < 1.29 is 14.3 Å². The standard InChI is InChI=1S/C24H31ClN6O3/c1-15-12-17(18-19-20(29-22(25)28-18)30(5)14-27-19)13-26-21(15)33-11-8-16-6-9-31(10-7-16)23(32)34-24(2,3)4/h12-14,16H,6-11H2,1-5H3. The Morgan fingerprint density at radius 2 is 1.94 bits per heavy atom. The molecule has 0 radical (unpaired) electrons. The third-order valence-corrected chi connectivity index (χ3v) is 6.04. The molecular weight excluding hydrogens is 456 g/mol. The first-order valence-electron chi connectivity index (χ1n) is 11.5. The Morgan fingerprint density at radius 1 is 1.21 bits per heavy atom.